The number of aromatic amines is 1. The Hall–Kier alpha value is -2.35. The van der Waals surface area contributed by atoms with Crippen LogP contribution in [0.1, 0.15) is 11.1 Å². The van der Waals surface area contributed by atoms with Crippen molar-refractivity contribution in [3.05, 3.63) is 47.4 Å². The molecule has 0 radical (unpaired) electrons. The van der Waals surface area contributed by atoms with Crippen molar-refractivity contribution in [2.24, 2.45) is 0 Å². The first-order valence-electron chi connectivity index (χ1n) is 4.60. The van der Waals surface area contributed by atoms with Crippen molar-refractivity contribution in [1.29, 1.82) is 5.26 Å². The van der Waals surface area contributed by atoms with E-state index in [0.29, 0.717) is 17.0 Å². The summed E-state index contributed by atoms with van der Waals surface area (Å²) in [4.78, 5) is 0. The maximum atomic E-state index is 13.4. The van der Waals surface area contributed by atoms with E-state index in [1.807, 2.05) is 6.07 Å². The summed E-state index contributed by atoms with van der Waals surface area (Å²) in [5.41, 5.74) is 0.683. The average molecular weight is 217 g/mol. The Kier molecular flexibility index (Phi) is 2.83. The maximum absolute atomic E-state index is 13.4. The van der Waals surface area contributed by atoms with Crippen molar-refractivity contribution in [3.63, 3.8) is 0 Å². The minimum atomic E-state index is -0.449. The Labute approximate surface area is 91.3 Å². The van der Waals surface area contributed by atoms with Gasteiger partial charge < -0.3 is 4.74 Å². The lowest BCUT2D eigenvalue weighted by Gasteiger charge is -2.04. The van der Waals surface area contributed by atoms with Gasteiger partial charge in [-0.05, 0) is 12.1 Å². The topological polar surface area (TPSA) is 61.7 Å². The van der Waals surface area contributed by atoms with Gasteiger partial charge in [0.15, 0.2) is 0 Å². The molecule has 0 amide bonds. The predicted molar refractivity (Wildman–Crippen MR) is 54.0 cm³/mol. The zero-order valence-electron chi connectivity index (χ0n) is 8.27. The fraction of sp³-hybridized carbons (Fsp3) is 0.0909. The highest BCUT2D eigenvalue weighted by Crippen LogP contribution is 2.13. The van der Waals surface area contributed by atoms with Crippen LogP contribution >= 0.6 is 0 Å². The number of H-pyrrole nitrogens is 1. The molecule has 1 aromatic carbocycles. The molecule has 0 unspecified atom stereocenters. The van der Waals surface area contributed by atoms with Crippen molar-refractivity contribution in [3.8, 4) is 11.9 Å². The van der Waals surface area contributed by atoms with Gasteiger partial charge >= 0.3 is 0 Å². The molecule has 16 heavy (non-hydrogen) atoms. The van der Waals surface area contributed by atoms with Crippen molar-refractivity contribution in [1.82, 2.24) is 10.2 Å². The Morgan fingerprint density at radius 2 is 2.31 bits per heavy atom. The summed E-state index contributed by atoms with van der Waals surface area (Å²) in [5, 5.41) is 14.9. The molecule has 0 aliphatic rings. The fourth-order valence-electron chi connectivity index (χ4n) is 1.21. The molecule has 0 aliphatic carbocycles. The van der Waals surface area contributed by atoms with Crippen molar-refractivity contribution >= 4 is 0 Å². The van der Waals surface area contributed by atoms with E-state index in [1.54, 1.807) is 18.3 Å². The van der Waals surface area contributed by atoms with Crippen LogP contribution in [0, 0.1) is 17.1 Å². The van der Waals surface area contributed by atoms with E-state index >= 15 is 0 Å². The number of hydrogen-bond donors (Lipinski definition) is 1. The summed E-state index contributed by atoms with van der Waals surface area (Å²) in [5.74, 6) is -0.0432. The van der Waals surface area contributed by atoms with Crippen LogP contribution in [0.2, 0.25) is 0 Å². The van der Waals surface area contributed by atoms with Gasteiger partial charge in [0.2, 0.25) is 5.88 Å². The predicted octanol–water partition coefficient (Wildman–Crippen LogP) is 2.00. The van der Waals surface area contributed by atoms with Crippen LogP contribution in [0.5, 0.6) is 5.88 Å². The second-order valence-corrected chi connectivity index (χ2v) is 3.12. The lowest BCUT2D eigenvalue weighted by atomic mass is 10.1. The first-order valence-corrected chi connectivity index (χ1v) is 4.60. The van der Waals surface area contributed by atoms with Crippen molar-refractivity contribution in [2.75, 3.05) is 0 Å². The third-order valence-electron chi connectivity index (χ3n) is 2.03. The quantitative estimate of drug-likeness (QED) is 0.855. The number of aromatic nitrogens is 2. The summed E-state index contributed by atoms with van der Waals surface area (Å²) in [6, 6.07) is 7.77. The number of nitriles is 1. The highest BCUT2D eigenvalue weighted by molar-refractivity contribution is 5.32. The minimum absolute atomic E-state index is 0.0857. The summed E-state index contributed by atoms with van der Waals surface area (Å²) < 4.78 is 18.6. The number of nitrogens with zero attached hydrogens (tertiary/aromatic N) is 2. The van der Waals surface area contributed by atoms with Gasteiger partial charge in [0.05, 0.1) is 11.6 Å². The van der Waals surface area contributed by atoms with E-state index in [-0.39, 0.29) is 6.61 Å². The normalized spacial score (nSPS) is 9.75. The summed E-state index contributed by atoms with van der Waals surface area (Å²) in [6.07, 6.45) is 1.62. The monoisotopic (exact) mass is 217 g/mol. The third-order valence-corrected chi connectivity index (χ3v) is 2.03. The van der Waals surface area contributed by atoms with Crippen LogP contribution in [-0.4, -0.2) is 10.2 Å². The zero-order valence-corrected chi connectivity index (χ0v) is 8.27. The van der Waals surface area contributed by atoms with E-state index in [0.717, 1.165) is 0 Å². The molecule has 0 fully saturated rings. The van der Waals surface area contributed by atoms with Gasteiger partial charge in [-0.2, -0.15) is 5.26 Å². The largest absolute Gasteiger partial charge is 0.472 e. The smallest absolute Gasteiger partial charge is 0.232 e. The number of hydrogen-bond acceptors (Lipinski definition) is 3. The van der Waals surface area contributed by atoms with Crippen LogP contribution in [0.4, 0.5) is 4.39 Å². The number of benzene rings is 1. The van der Waals surface area contributed by atoms with Crippen molar-refractivity contribution in [2.45, 2.75) is 6.61 Å². The molecule has 1 aromatic heterocycles. The van der Waals surface area contributed by atoms with E-state index in [1.165, 1.54) is 12.1 Å². The SMILES string of the molecule is N#Cc1ccc(COc2cc[nH]n2)c(F)c1. The maximum Gasteiger partial charge on any atom is 0.232 e. The van der Waals surface area contributed by atoms with Crippen LogP contribution in [0.3, 0.4) is 0 Å². The Morgan fingerprint density at radius 3 is 2.94 bits per heavy atom. The van der Waals surface area contributed by atoms with Gasteiger partial charge in [-0.1, -0.05) is 6.07 Å². The van der Waals surface area contributed by atoms with E-state index < -0.39 is 5.82 Å². The molecule has 0 bridgehead atoms. The first-order chi connectivity index (χ1) is 7.79. The second-order valence-electron chi connectivity index (χ2n) is 3.12. The Morgan fingerprint density at radius 1 is 1.44 bits per heavy atom. The number of ether oxygens (including phenoxy) is 1. The van der Waals surface area contributed by atoms with Crippen LogP contribution < -0.4 is 4.74 Å². The number of halogens is 1. The highest BCUT2D eigenvalue weighted by Gasteiger charge is 2.04. The summed E-state index contributed by atoms with van der Waals surface area (Å²) >= 11 is 0. The fourth-order valence-corrected chi connectivity index (χ4v) is 1.21. The van der Waals surface area contributed by atoms with Gasteiger partial charge in [-0.15, -0.1) is 5.10 Å². The second kappa shape index (κ2) is 4.45. The Bertz CT molecular complexity index is 517. The van der Waals surface area contributed by atoms with Crippen LogP contribution in [0.15, 0.2) is 30.5 Å². The molecule has 0 aliphatic heterocycles. The van der Waals surface area contributed by atoms with Gasteiger partial charge in [0.1, 0.15) is 12.4 Å². The number of rotatable bonds is 3. The van der Waals surface area contributed by atoms with Gasteiger partial charge in [-0.3, -0.25) is 5.10 Å². The molecule has 4 nitrogen and oxygen atoms in total. The molecule has 5 heteroatoms. The lowest BCUT2D eigenvalue weighted by Crippen LogP contribution is -1.99. The minimum Gasteiger partial charge on any atom is -0.472 e. The Balaban J connectivity index is 2.08. The molecule has 2 aromatic rings. The molecule has 0 saturated carbocycles. The molecular weight excluding hydrogens is 209 g/mol. The van der Waals surface area contributed by atoms with Gasteiger partial charge in [-0.25, -0.2) is 4.39 Å². The zero-order chi connectivity index (χ0) is 11.4. The molecule has 1 N–H and O–H groups in total. The van der Waals surface area contributed by atoms with Gasteiger partial charge in [0, 0.05) is 17.8 Å². The molecule has 80 valence electrons. The first kappa shape index (κ1) is 10.2. The molecule has 0 saturated heterocycles. The van der Waals surface area contributed by atoms with E-state index in [4.69, 9.17) is 10.00 Å². The standard InChI is InChI=1S/C11H8FN3O/c12-10-5-8(6-13)1-2-9(10)7-16-11-3-4-14-15-11/h1-5H,7H2,(H,14,15). The molecule has 2 rings (SSSR count). The molecular formula is C11H8FN3O. The molecule has 1 heterocycles. The lowest BCUT2D eigenvalue weighted by molar-refractivity contribution is 0.287. The molecule has 0 atom stereocenters. The van der Waals surface area contributed by atoms with Crippen LogP contribution in [0.25, 0.3) is 0 Å². The van der Waals surface area contributed by atoms with Crippen LogP contribution in [-0.2, 0) is 6.61 Å². The summed E-state index contributed by atoms with van der Waals surface area (Å²) in [6.45, 7) is 0.0857. The van der Waals surface area contributed by atoms with Gasteiger partial charge in [0.25, 0.3) is 0 Å². The highest BCUT2D eigenvalue weighted by atomic mass is 19.1. The van der Waals surface area contributed by atoms with E-state index in [2.05, 4.69) is 10.2 Å². The average Bonchev–Trinajstić information content (AvgIpc) is 2.80. The number of nitrogens with one attached hydrogen (secondary N) is 1. The van der Waals surface area contributed by atoms with E-state index in [9.17, 15) is 4.39 Å². The third kappa shape index (κ3) is 2.17. The summed E-state index contributed by atoms with van der Waals surface area (Å²) in [7, 11) is 0. The van der Waals surface area contributed by atoms with Crippen molar-refractivity contribution < 1.29 is 9.13 Å². The molecule has 0 spiro atoms.